The lowest BCUT2D eigenvalue weighted by Gasteiger charge is -2.40. The van der Waals surface area contributed by atoms with Gasteiger partial charge in [0.2, 0.25) is 0 Å². The predicted octanol–water partition coefficient (Wildman–Crippen LogP) is 2.59. The number of benzene rings is 1. The lowest BCUT2D eigenvalue weighted by molar-refractivity contribution is -0.928. The molecule has 19 heavy (non-hydrogen) atoms. The topological polar surface area (TPSA) is 49.4 Å². The molecule has 0 bridgehead atoms. The van der Waals surface area contributed by atoms with E-state index >= 15 is 0 Å². The number of rotatable bonds is 8. The molecule has 0 fully saturated rings. The molecule has 0 heterocycles. The zero-order valence-corrected chi connectivity index (χ0v) is 12.9. The Bertz CT molecular complexity index is 418. The Kier molecular flexibility index (Phi) is 6.21. The van der Waals surface area contributed by atoms with Gasteiger partial charge in [0.15, 0.2) is 7.60 Å². The minimum atomic E-state index is -3.76. The van der Waals surface area contributed by atoms with Gasteiger partial charge in [-0.05, 0) is 20.8 Å². The molecule has 1 aromatic carbocycles. The molecule has 4 nitrogen and oxygen atoms in total. The van der Waals surface area contributed by atoms with Crippen molar-refractivity contribution >= 4 is 7.60 Å². The van der Waals surface area contributed by atoms with Gasteiger partial charge in [0.1, 0.15) is 12.8 Å². The average Bonchev–Trinajstić information content (AvgIpc) is 2.38. The fourth-order valence-electron chi connectivity index (χ4n) is 2.27. The largest absolute Gasteiger partial charge is 0.774 e. The maximum Gasteiger partial charge on any atom is 0.189 e. The van der Waals surface area contributed by atoms with Crippen LogP contribution >= 0.6 is 7.60 Å². The van der Waals surface area contributed by atoms with E-state index in [1.54, 1.807) is 6.92 Å². The van der Waals surface area contributed by atoms with Crippen LogP contribution in [-0.4, -0.2) is 30.5 Å². The molecule has 0 aliphatic heterocycles. The van der Waals surface area contributed by atoms with E-state index in [-0.39, 0.29) is 12.9 Å². The number of nitrogens with zero attached hydrogens (tertiary/aromatic N) is 1. The summed E-state index contributed by atoms with van der Waals surface area (Å²) in [6.07, 6.45) is 0.0583. The van der Waals surface area contributed by atoms with Gasteiger partial charge in [0, 0.05) is 5.56 Å². The molecule has 0 saturated heterocycles. The Balaban J connectivity index is 2.88. The normalized spacial score (nSPS) is 15.2. The van der Waals surface area contributed by atoms with Gasteiger partial charge in [-0.3, -0.25) is 0 Å². The van der Waals surface area contributed by atoms with Gasteiger partial charge in [-0.25, -0.2) is 0 Å². The van der Waals surface area contributed by atoms with Crippen molar-refractivity contribution < 1.29 is 18.5 Å². The minimum absolute atomic E-state index is 0.0583. The summed E-state index contributed by atoms with van der Waals surface area (Å²) in [6, 6.07) is 10.0. The number of quaternary nitrogens is 1. The summed E-state index contributed by atoms with van der Waals surface area (Å²) in [5.41, 5.74) is 1.16. The highest BCUT2D eigenvalue weighted by Gasteiger charge is 2.29. The Morgan fingerprint density at radius 1 is 1.16 bits per heavy atom. The Labute approximate surface area is 116 Å². The van der Waals surface area contributed by atoms with E-state index in [2.05, 4.69) is 0 Å². The van der Waals surface area contributed by atoms with Crippen molar-refractivity contribution in [3.05, 3.63) is 35.9 Å². The molecule has 108 valence electrons. The fourth-order valence-corrected chi connectivity index (χ4v) is 3.98. The van der Waals surface area contributed by atoms with E-state index in [0.29, 0.717) is 11.0 Å². The van der Waals surface area contributed by atoms with Crippen molar-refractivity contribution in [2.75, 3.05) is 26.0 Å². The highest BCUT2D eigenvalue weighted by atomic mass is 31.2. The first kappa shape index (κ1) is 16.4. The van der Waals surface area contributed by atoms with Crippen LogP contribution in [0.3, 0.4) is 0 Å². The summed E-state index contributed by atoms with van der Waals surface area (Å²) in [4.78, 5) is 11.9. The zero-order chi connectivity index (χ0) is 14.4. The molecule has 1 unspecified atom stereocenters. The highest BCUT2D eigenvalue weighted by Crippen LogP contribution is 2.40. The van der Waals surface area contributed by atoms with E-state index in [9.17, 15) is 9.46 Å². The zero-order valence-electron chi connectivity index (χ0n) is 12.0. The summed E-state index contributed by atoms with van der Waals surface area (Å²) in [5, 5.41) is 0. The fraction of sp³-hybridized carbons (Fsp3) is 0.571. The second-order valence-corrected chi connectivity index (χ2v) is 6.55. The quantitative estimate of drug-likeness (QED) is 0.545. The Morgan fingerprint density at radius 2 is 1.74 bits per heavy atom. The molecular weight excluding hydrogens is 261 g/mol. The van der Waals surface area contributed by atoms with Gasteiger partial charge in [-0.15, -0.1) is 0 Å². The van der Waals surface area contributed by atoms with Gasteiger partial charge in [0.25, 0.3) is 0 Å². The molecule has 0 amide bonds. The molecule has 1 aromatic rings. The van der Waals surface area contributed by atoms with Crippen LogP contribution in [0.1, 0.15) is 26.3 Å². The molecular formula is C14H24NO3P. The second kappa shape index (κ2) is 7.20. The summed E-state index contributed by atoms with van der Waals surface area (Å²) in [5.74, 6) is 0. The Morgan fingerprint density at radius 3 is 2.21 bits per heavy atom. The third kappa shape index (κ3) is 5.07. The van der Waals surface area contributed by atoms with Crippen molar-refractivity contribution in [1.82, 2.24) is 0 Å². The van der Waals surface area contributed by atoms with Crippen LogP contribution in [0.2, 0.25) is 0 Å². The van der Waals surface area contributed by atoms with Crippen LogP contribution < -0.4 is 4.89 Å². The summed E-state index contributed by atoms with van der Waals surface area (Å²) >= 11 is 0. The lowest BCUT2D eigenvalue weighted by Crippen LogP contribution is -2.48. The third-order valence-electron chi connectivity index (χ3n) is 3.50. The molecule has 5 heteroatoms. The summed E-state index contributed by atoms with van der Waals surface area (Å²) in [7, 11) is -3.76. The van der Waals surface area contributed by atoms with Crippen molar-refractivity contribution in [3.63, 3.8) is 0 Å². The van der Waals surface area contributed by atoms with Crippen LogP contribution in [0, 0.1) is 0 Å². The van der Waals surface area contributed by atoms with Gasteiger partial charge >= 0.3 is 0 Å². The van der Waals surface area contributed by atoms with Gasteiger partial charge in [-0.2, -0.15) is 0 Å². The first-order chi connectivity index (χ1) is 8.97. The summed E-state index contributed by atoms with van der Waals surface area (Å²) < 4.78 is 17.4. The molecule has 1 atom stereocenters. The molecule has 0 aliphatic rings. The molecule has 1 rings (SSSR count). The first-order valence-corrected chi connectivity index (χ1v) is 8.53. The van der Waals surface area contributed by atoms with Crippen LogP contribution in [0.4, 0.5) is 0 Å². The highest BCUT2D eigenvalue weighted by molar-refractivity contribution is 7.51. The number of hydrogen-bond acceptors (Lipinski definition) is 3. The molecule has 0 N–H and O–H groups in total. The number of hydrogen-bond donors (Lipinski definition) is 0. The van der Waals surface area contributed by atoms with E-state index in [0.717, 1.165) is 18.7 Å². The van der Waals surface area contributed by atoms with Crippen molar-refractivity contribution in [2.24, 2.45) is 0 Å². The van der Waals surface area contributed by atoms with Crippen molar-refractivity contribution in [1.29, 1.82) is 0 Å². The first-order valence-electron chi connectivity index (χ1n) is 6.80. The van der Waals surface area contributed by atoms with Crippen LogP contribution in [-0.2, 0) is 15.6 Å². The smallest absolute Gasteiger partial charge is 0.189 e. The van der Waals surface area contributed by atoms with Gasteiger partial charge in [0.05, 0.1) is 19.7 Å². The van der Waals surface area contributed by atoms with Crippen LogP contribution in [0.5, 0.6) is 0 Å². The maximum atomic E-state index is 11.9. The minimum Gasteiger partial charge on any atom is -0.774 e. The molecule has 0 saturated carbocycles. The third-order valence-corrected chi connectivity index (χ3v) is 5.10. The lowest BCUT2D eigenvalue weighted by atomic mass is 10.2. The molecule has 0 aliphatic carbocycles. The SMILES string of the molecule is CCOP(=O)([O-])C[N+](CC)(CC)Cc1ccccc1. The van der Waals surface area contributed by atoms with Crippen molar-refractivity contribution in [3.8, 4) is 0 Å². The predicted molar refractivity (Wildman–Crippen MR) is 75.6 cm³/mol. The standard InChI is InChI=1S/C14H24NO3P/c1-4-15(5-2,13-19(16,17)18-6-3)12-14-10-8-7-9-11-14/h7-11H,4-6,12-13H2,1-3H3. The van der Waals surface area contributed by atoms with Gasteiger partial charge < -0.3 is 18.5 Å². The molecule has 0 radical (unpaired) electrons. The van der Waals surface area contributed by atoms with E-state index in [1.165, 1.54) is 0 Å². The van der Waals surface area contributed by atoms with Gasteiger partial charge in [-0.1, -0.05) is 30.3 Å². The van der Waals surface area contributed by atoms with Crippen LogP contribution in [0.25, 0.3) is 0 Å². The average molecular weight is 285 g/mol. The maximum absolute atomic E-state index is 11.9. The van der Waals surface area contributed by atoms with E-state index in [1.807, 2.05) is 44.2 Å². The molecule has 0 aromatic heterocycles. The van der Waals surface area contributed by atoms with Crippen LogP contribution in [0.15, 0.2) is 30.3 Å². The van der Waals surface area contributed by atoms with E-state index < -0.39 is 7.60 Å². The van der Waals surface area contributed by atoms with Crippen molar-refractivity contribution in [2.45, 2.75) is 27.3 Å². The molecule has 0 spiro atoms. The monoisotopic (exact) mass is 285 g/mol. The van der Waals surface area contributed by atoms with E-state index in [4.69, 9.17) is 4.52 Å². The Hall–Kier alpha value is -0.670. The summed E-state index contributed by atoms with van der Waals surface area (Å²) in [6.45, 7) is 8.22. The second-order valence-electron chi connectivity index (χ2n) is 4.79.